The molecule has 0 N–H and O–H groups in total. The first-order chi connectivity index (χ1) is 5.36. The van der Waals surface area contributed by atoms with Gasteiger partial charge in [0.25, 0.3) is 0 Å². The molecule has 1 rings (SSSR count). The molecule has 0 saturated heterocycles. The molecule has 11 heavy (non-hydrogen) atoms. The average Bonchev–Trinajstić information content (AvgIpc) is 2.48. The van der Waals surface area contributed by atoms with Crippen molar-refractivity contribution in [3.63, 3.8) is 0 Å². The van der Waals surface area contributed by atoms with E-state index in [1.807, 2.05) is 0 Å². The lowest BCUT2D eigenvalue weighted by atomic mass is 10.4. The first kappa shape index (κ1) is 8.20. The van der Waals surface area contributed by atoms with Crippen molar-refractivity contribution in [2.24, 2.45) is 0 Å². The highest BCUT2D eigenvalue weighted by atomic mass is 16.5. The Balaban J connectivity index is 2.44. The Morgan fingerprint density at radius 2 is 2.45 bits per heavy atom. The Hall–Kier alpha value is -0.900. The summed E-state index contributed by atoms with van der Waals surface area (Å²) >= 11 is 0. The number of rotatable bonds is 4. The molecule has 0 radical (unpaired) electrons. The van der Waals surface area contributed by atoms with Crippen LogP contribution in [0.15, 0.2) is 6.20 Å². The molecule has 0 fully saturated rings. The van der Waals surface area contributed by atoms with Gasteiger partial charge in [-0.15, -0.1) is 0 Å². The van der Waals surface area contributed by atoms with Gasteiger partial charge in [0.1, 0.15) is 0 Å². The summed E-state index contributed by atoms with van der Waals surface area (Å²) < 4.78 is 4.89. The fourth-order valence-corrected chi connectivity index (χ4v) is 0.776. The van der Waals surface area contributed by atoms with Crippen molar-refractivity contribution in [1.82, 2.24) is 15.0 Å². The summed E-state index contributed by atoms with van der Waals surface area (Å²) in [4.78, 5) is 1.66. The molecule has 1 aromatic rings. The molecular formula is C7H13N3O. The molecule has 0 aliphatic heterocycles. The van der Waals surface area contributed by atoms with Gasteiger partial charge in [0.05, 0.1) is 25.0 Å². The zero-order chi connectivity index (χ0) is 8.10. The van der Waals surface area contributed by atoms with Crippen LogP contribution in [-0.4, -0.2) is 28.7 Å². The summed E-state index contributed by atoms with van der Waals surface area (Å²) in [6.45, 7) is 3.46. The zero-order valence-electron chi connectivity index (χ0n) is 6.95. The number of ether oxygens (including phenoxy) is 1. The monoisotopic (exact) mass is 155 g/mol. The van der Waals surface area contributed by atoms with Gasteiger partial charge < -0.3 is 4.74 Å². The number of nitrogens with zero attached hydrogens (tertiary/aromatic N) is 3. The molecule has 0 atom stereocenters. The van der Waals surface area contributed by atoms with Gasteiger partial charge in [-0.1, -0.05) is 6.92 Å². The lowest BCUT2D eigenvalue weighted by molar-refractivity contribution is 0.178. The van der Waals surface area contributed by atoms with E-state index in [9.17, 15) is 0 Å². The highest BCUT2D eigenvalue weighted by Gasteiger charge is 1.95. The summed E-state index contributed by atoms with van der Waals surface area (Å²) in [6, 6.07) is 0. The second-order valence-electron chi connectivity index (χ2n) is 2.28. The molecule has 0 unspecified atom stereocenters. The van der Waals surface area contributed by atoms with Crippen LogP contribution in [0.25, 0.3) is 0 Å². The molecule has 62 valence electrons. The average molecular weight is 155 g/mol. The minimum Gasteiger partial charge on any atom is -0.383 e. The third-order valence-corrected chi connectivity index (χ3v) is 1.44. The Bertz CT molecular complexity index is 209. The van der Waals surface area contributed by atoms with E-state index in [4.69, 9.17) is 4.74 Å². The summed E-state index contributed by atoms with van der Waals surface area (Å²) in [6.07, 6.45) is 2.72. The summed E-state index contributed by atoms with van der Waals surface area (Å²) in [7, 11) is 1.67. The molecule has 0 saturated carbocycles. The lowest BCUT2D eigenvalue weighted by Gasteiger charge is -1.96. The Morgan fingerprint density at radius 1 is 1.64 bits per heavy atom. The second kappa shape index (κ2) is 4.08. The van der Waals surface area contributed by atoms with E-state index in [-0.39, 0.29) is 0 Å². The quantitative estimate of drug-likeness (QED) is 0.635. The second-order valence-corrected chi connectivity index (χ2v) is 2.28. The fraction of sp³-hybridized carbons (Fsp3) is 0.714. The van der Waals surface area contributed by atoms with E-state index in [0.29, 0.717) is 6.61 Å². The summed E-state index contributed by atoms with van der Waals surface area (Å²) in [5.41, 5.74) is 1.03. The summed E-state index contributed by atoms with van der Waals surface area (Å²) in [5.74, 6) is 0. The highest BCUT2D eigenvalue weighted by Crippen LogP contribution is 1.91. The molecule has 0 aliphatic carbocycles. The van der Waals surface area contributed by atoms with Crippen LogP contribution in [0.5, 0.6) is 0 Å². The van der Waals surface area contributed by atoms with Crippen molar-refractivity contribution < 1.29 is 4.74 Å². The SMILES string of the molecule is CCc1cnn(CCOC)n1. The van der Waals surface area contributed by atoms with Crippen LogP contribution in [0, 0.1) is 0 Å². The minimum atomic E-state index is 0.665. The number of aromatic nitrogens is 3. The van der Waals surface area contributed by atoms with E-state index in [1.54, 1.807) is 18.1 Å². The fourth-order valence-electron chi connectivity index (χ4n) is 0.776. The largest absolute Gasteiger partial charge is 0.383 e. The van der Waals surface area contributed by atoms with E-state index in [2.05, 4.69) is 17.1 Å². The minimum absolute atomic E-state index is 0.665. The smallest absolute Gasteiger partial charge is 0.0841 e. The van der Waals surface area contributed by atoms with Gasteiger partial charge in [-0.05, 0) is 6.42 Å². The van der Waals surface area contributed by atoms with Crippen LogP contribution in [-0.2, 0) is 17.7 Å². The standard InChI is InChI=1S/C7H13N3O/c1-3-7-6-8-10(9-7)4-5-11-2/h6H,3-5H2,1-2H3. The lowest BCUT2D eigenvalue weighted by Crippen LogP contribution is -2.07. The predicted octanol–water partition coefficient (Wildman–Crippen LogP) is 0.487. The van der Waals surface area contributed by atoms with E-state index in [0.717, 1.165) is 18.7 Å². The third kappa shape index (κ3) is 2.31. The third-order valence-electron chi connectivity index (χ3n) is 1.44. The van der Waals surface area contributed by atoms with Gasteiger partial charge in [-0.3, -0.25) is 0 Å². The first-order valence-electron chi connectivity index (χ1n) is 3.74. The van der Waals surface area contributed by atoms with E-state index >= 15 is 0 Å². The predicted molar refractivity (Wildman–Crippen MR) is 41.3 cm³/mol. The molecule has 0 amide bonds. The molecule has 4 nitrogen and oxygen atoms in total. The molecule has 0 bridgehead atoms. The molecular weight excluding hydrogens is 142 g/mol. The maximum atomic E-state index is 4.89. The van der Waals surface area contributed by atoms with Crippen LogP contribution in [0.4, 0.5) is 0 Å². The van der Waals surface area contributed by atoms with E-state index < -0.39 is 0 Å². The van der Waals surface area contributed by atoms with Crippen molar-refractivity contribution in [2.75, 3.05) is 13.7 Å². The number of methoxy groups -OCH3 is 1. The van der Waals surface area contributed by atoms with Crippen molar-refractivity contribution in [3.8, 4) is 0 Å². The van der Waals surface area contributed by atoms with Crippen molar-refractivity contribution >= 4 is 0 Å². The Kier molecular flexibility index (Phi) is 3.04. The zero-order valence-corrected chi connectivity index (χ0v) is 6.95. The van der Waals surface area contributed by atoms with E-state index in [1.165, 1.54) is 0 Å². The van der Waals surface area contributed by atoms with Crippen LogP contribution in [0.1, 0.15) is 12.6 Å². The van der Waals surface area contributed by atoms with Crippen molar-refractivity contribution in [2.45, 2.75) is 19.9 Å². The molecule has 0 aromatic carbocycles. The van der Waals surface area contributed by atoms with Gasteiger partial charge in [-0.25, -0.2) is 0 Å². The van der Waals surface area contributed by atoms with Crippen LogP contribution >= 0.6 is 0 Å². The molecule has 4 heteroatoms. The maximum absolute atomic E-state index is 4.89. The van der Waals surface area contributed by atoms with Crippen molar-refractivity contribution in [1.29, 1.82) is 0 Å². The van der Waals surface area contributed by atoms with Crippen LogP contribution in [0.3, 0.4) is 0 Å². The van der Waals surface area contributed by atoms with Gasteiger partial charge in [0, 0.05) is 7.11 Å². The molecule has 1 aromatic heterocycles. The van der Waals surface area contributed by atoms with Crippen molar-refractivity contribution in [3.05, 3.63) is 11.9 Å². The normalized spacial score (nSPS) is 10.4. The molecule has 0 spiro atoms. The first-order valence-corrected chi connectivity index (χ1v) is 3.74. The number of hydrogen-bond acceptors (Lipinski definition) is 3. The van der Waals surface area contributed by atoms with Crippen LogP contribution in [0.2, 0.25) is 0 Å². The van der Waals surface area contributed by atoms with Gasteiger partial charge in [0.2, 0.25) is 0 Å². The molecule has 1 heterocycles. The number of aryl methyl sites for hydroxylation is 1. The highest BCUT2D eigenvalue weighted by molar-refractivity contribution is 4.89. The Morgan fingerprint density at radius 3 is 3.00 bits per heavy atom. The van der Waals surface area contributed by atoms with Crippen LogP contribution < -0.4 is 0 Å². The summed E-state index contributed by atoms with van der Waals surface area (Å²) in [5, 5.41) is 8.24. The topological polar surface area (TPSA) is 39.9 Å². The maximum Gasteiger partial charge on any atom is 0.0841 e. The Labute approximate surface area is 66.2 Å². The van der Waals surface area contributed by atoms with Gasteiger partial charge >= 0.3 is 0 Å². The van der Waals surface area contributed by atoms with Gasteiger partial charge in [0.15, 0.2) is 0 Å². The number of hydrogen-bond donors (Lipinski definition) is 0. The van der Waals surface area contributed by atoms with Gasteiger partial charge in [-0.2, -0.15) is 15.0 Å². The molecule has 0 aliphatic rings.